The summed E-state index contributed by atoms with van der Waals surface area (Å²) in [7, 11) is 0. The molecule has 0 aliphatic carbocycles. The third-order valence-electron chi connectivity index (χ3n) is 2.90. The highest BCUT2D eigenvalue weighted by molar-refractivity contribution is 5.20. The number of hydrogen-bond donors (Lipinski definition) is 0. The molecule has 16 heavy (non-hydrogen) atoms. The number of nitrogens with zero attached hydrogens (tertiary/aromatic N) is 1. The molecular weight excluding hydrogens is 198 g/mol. The van der Waals surface area contributed by atoms with Crippen molar-refractivity contribution in [1.82, 2.24) is 4.90 Å². The van der Waals surface area contributed by atoms with Gasteiger partial charge in [-0.15, -0.1) is 0 Å². The topological polar surface area (TPSA) is 12.5 Å². The first-order valence-corrected chi connectivity index (χ1v) is 6.20. The summed E-state index contributed by atoms with van der Waals surface area (Å²) in [6.45, 7) is 18.6. The Kier molecular flexibility index (Phi) is 3.33. The zero-order valence-corrected chi connectivity index (χ0v) is 12.1. The Hall–Kier alpha value is -0.660. The van der Waals surface area contributed by atoms with Crippen LogP contribution in [0, 0.1) is 11.3 Å². The quantitative estimate of drug-likeness (QED) is 0.669. The molecule has 0 amide bonds. The smallest absolute Gasteiger partial charge is 0.161 e. The normalized spacial score (nSPS) is 18.4. The van der Waals surface area contributed by atoms with E-state index in [0.717, 1.165) is 5.76 Å². The van der Waals surface area contributed by atoms with Crippen molar-refractivity contribution in [3.05, 3.63) is 11.5 Å². The maximum absolute atomic E-state index is 5.94. The van der Waals surface area contributed by atoms with E-state index in [-0.39, 0.29) is 11.0 Å². The summed E-state index contributed by atoms with van der Waals surface area (Å²) in [6, 6.07) is 0. The average Bonchev–Trinajstić information content (AvgIpc) is 2.43. The lowest BCUT2D eigenvalue weighted by atomic mass is 9.89. The van der Waals surface area contributed by atoms with Gasteiger partial charge in [-0.1, -0.05) is 34.6 Å². The van der Waals surface area contributed by atoms with Gasteiger partial charge in [0.15, 0.2) is 6.73 Å². The lowest BCUT2D eigenvalue weighted by Gasteiger charge is -2.36. The molecule has 0 aromatic heterocycles. The molecule has 0 aromatic rings. The van der Waals surface area contributed by atoms with Crippen LogP contribution in [0.5, 0.6) is 0 Å². The van der Waals surface area contributed by atoms with Gasteiger partial charge in [0.25, 0.3) is 0 Å². The van der Waals surface area contributed by atoms with Crippen molar-refractivity contribution in [2.75, 3.05) is 6.73 Å². The third-order valence-corrected chi connectivity index (χ3v) is 2.90. The van der Waals surface area contributed by atoms with Crippen LogP contribution in [0.3, 0.4) is 0 Å². The Morgan fingerprint density at radius 2 is 1.56 bits per heavy atom. The Balaban J connectivity index is 3.18. The van der Waals surface area contributed by atoms with E-state index in [1.807, 2.05) is 0 Å². The molecule has 0 atom stereocenters. The Morgan fingerprint density at radius 3 is 1.88 bits per heavy atom. The summed E-state index contributed by atoms with van der Waals surface area (Å²) in [5, 5.41) is 0. The Bertz CT molecular complexity index is 289. The number of hydrogen-bond acceptors (Lipinski definition) is 2. The molecule has 0 aromatic carbocycles. The molecule has 0 radical (unpaired) electrons. The third kappa shape index (κ3) is 2.53. The average molecular weight is 225 g/mol. The van der Waals surface area contributed by atoms with Crippen LogP contribution in [0.4, 0.5) is 0 Å². The number of rotatable bonds is 1. The molecule has 1 rings (SSSR count). The van der Waals surface area contributed by atoms with Crippen LogP contribution in [0.15, 0.2) is 11.5 Å². The summed E-state index contributed by atoms with van der Waals surface area (Å²) >= 11 is 0. The molecule has 0 N–H and O–H groups in total. The van der Waals surface area contributed by atoms with Crippen LogP contribution in [0.2, 0.25) is 0 Å². The van der Waals surface area contributed by atoms with Crippen LogP contribution in [0.25, 0.3) is 0 Å². The molecule has 0 spiro atoms. The van der Waals surface area contributed by atoms with Crippen molar-refractivity contribution in [3.8, 4) is 0 Å². The second kappa shape index (κ2) is 3.97. The lowest BCUT2D eigenvalue weighted by Crippen LogP contribution is -2.40. The second-order valence-corrected chi connectivity index (χ2v) is 6.99. The van der Waals surface area contributed by atoms with Gasteiger partial charge >= 0.3 is 0 Å². The molecule has 0 bridgehead atoms. The molecular formula is C14H27NO. The lowest BCUT2D eigenvalue weighted by molar-refractivity contribution is 0.0691. The van der Waals surface area contributed by atoms with Gasteiger partial charge in [-0.25, -0.2) is 0 Å². The van der Waals surface area contributed by atoms with Crippen molar-refractivity contribution in [3.63, 3.8) is 0 Å². The minimum Gasteiger partial charge on any atom is -0.475 e. The van der Waals surface area contributed by atoms with E-state index >= 15 is 0 Å². The molecule has 2 nitrogen and oxygen atoms in total. The van der Waals surface area contributed by atoms with Gasteiger partial charge < -0.3 is 9.64 Å². The molecule has 0 fully saturated rings. The van der Waals surface area contributed by atoms with Gasteiger partial charge in [-0.2, -0.15) is 0 Å². The fourth-order valence-corrected chi connectivity index (χ4v) is 2.12. The predicted molar refractivity (Wildman–Crippen MR) is 68.9 cm³/mol. The summed E-state index contributed by atoms with van der Waals surface area (Å²) in [5.74, 6) is 1.67. The van der Waals surface area contributed by atoms with Crippen LogP contribution in [-0.2, 0) is 4.74 Å². The molecule has 2 heteroatoms. The standard InChI is InChI=1S/C14H27NO/c1-10(2)11-12(13(3,4)5)16-9-15(11)14(6,7)8/h10H,9H2,1-8H3. The maximum Gasteiger partial charge on any atom is 0.161 e. The fourth-order valence-electron chi connectivity index (χ4n) is 2.12. The summed E-state index contributed by atoms with van der Waals surface area (Å²) in [4.78, 5) is 2.39. The first kappa shape index (κ1) is 13.4. The van der Waals surface area contributed by atoms with Crippen molar-refractivity contribution in [2.24, 2.45) is 11.3 Å². The van der Waals surface area contributed by atoms with Crippen molar-refractivity contribution < 1.29 is 4.74 Å². The van der Waals surface area contributed by atoms with E-state index < -0.39 is 0 Å². The summed E-state index contributed by atoms with van der Waals surface area (Å²) in [6.07, 6.45) is 0. The summed E-state index contributed by atoms with van der Waals surface area (Å²) < 4.78 is 5.94. The van der Waals surface area contributed by atoms with Crippen molar-refractivity contribution in [2.45, 2.75) is 60.9 Å². The van der Waals surface area contributed by atoms with Gasteiger partial charge in [0.05, 0.1) is 5.70 Å². The predicted octanol–water partition coefficient (Wildman–Crippen LogP) is 3.99. The molecule has 1 aliphatic rings. The highest BCUT2D eigenvalue weighted by Crippen LogP contribution is 2.40. The summed E-state index contributed by atoms with van der Waals surface area (Å²) in [5.41, 5.74) is 1.60. The van der Waals surface area contributed by atoms with Crippen LogP contribution in [-0.4, -0.2) is 17.2 Å². The first-order chi connectivity index (χ1) is 7.05. The zero-order chi connectivity index (χ0) is 12.7. The SMILES string of the molecule is CC(C)C1=C(C(C)(C)C)OCN1C(C)(C)C. The van der Waals surface area contributed by atoms with E-state index in [1.165, 1.54) is 5.70 Å². The van der Waals surface area contributed by atoms with Gasteiger partial charge in [-0.3, -0.25) is 0 Å². The second-order valence-electron chi connectivity index (χ2n) is 6.99. The van der Waals surface area contributed by atoms with E-state index in [2.05, 4.69) is 60.3 Å². The zero-order valence-electron chi connectivity index (χ0n) is 12.1. The Morgan fingerprint density at radius 1 is 1.06 bits per heavy atom. The van der Waals surface area contributed by atoms with Crippen LogP contribution in [0.1, 0.15) is 55.4 Å². The first-order valence-electron chi connectivity index (χ1n) is 6.20. The largest absolute Gasteiger partial charge is 0.475 e. The highest BCUT2D eigenvalue weighted by Gasteiger charge is 2.37. The van der Waals surface area contributed by atoms with Gasteiger partial charge in [-0.05, 0) is 26.7 Å². The van der Waals surface area contributed by atoms with E-state index in [1.54, 1.807) is 0 Å². The van der Waals surface area contributed by atoms with Crippen molar-refractivity contribution >= 4 is 0 Å². The highest BCUT2D eigenvalue weighted by atomic mass is 16.5. The molecule has 94 valence electrons. The van der Waals surface area contributed by atoms with E-state index in [4.69, 9.17) is 4.74 Å². The van der Waals surface area contributed by atoms with Crippen LogP contribution >= 0.6 is 0 Å². The number of allylic oxidation sites excluding steroid dienone is 2. The molecule has 1 heterocycles. The molecule has 1 aliphatic heterocycles. The van der Waals surface area contributed by atoms with Gasteiger partial charge in [0.2, 0.25) is 0 Å². The van der Waals surface area contributed by atoms with Crippen molar-refractivity contribution in [1.29, 1.82) is 0 Å². The molecule has 0 saturated carbocycles. The minimum absolute atomic E-state index is 0.0968. The minimum atomic E-state index is 0.0968. The van der Waals surface area contributed by atoms with Gasteiger partial charge in [0, 0.05) is 11.0 Å². The number of ether oxygens (including phenoxy) is 1. The van der Waals surface area contributed by atoms with E-state index in [9.17, 15) is 0 Å². The fraction of sp³-hybridized carbons (Fsp3) is 0.857. The Labute approximate surface area is 101 Å². The maximum atomic E-state index is 5.94. The van der Waals surface area contributed by atoms with E-state index in [0.29, 0.717) is 12.6 Å². The van der Waals surface area contributed by atoms with Gasteiger partial charge in [0.1, 0.15) is 5.76 Å². The van der Waals surface area contributed by atoms with Crippen LogP contribution < -0.4 is 0 Å². The molecule has 0 unspecified atom stereocenters. The molecule has 0 saturated heterocycles. The monoisotopic (exact) mass is 225 g/mol.